The highest BCUT2D eigenvalue weighted by atomic mass is 79.9. The summed E-state index contributed by atoms with van der Waals surface area (Å²) in [4.78, 5) is 50.0. The standard InChI is InChI=1S/C25H20BrN3O5S/c1-14-11-17(15(2)29(14)20-9-3-16(4-10-20)24(32)33)12-21-23(31)28(25(34)35-21)13-22(30)27-19-7-5-18(26)6-8-19/h3-12H,13H2,1-2H3,(H,27,30)(H,32,33)/b21-12+. The molecule has 0 unspecified atom stereocenters. The van der Waals surface area contributed by atoms with Crippen molar-refractivity contribution < 1.29 is 24.3 Å². The Balaban J connectivity index is 1.52. The lowest BCUT2D eigenvalue weighted by Gasteiger charge is -2.12. The van der Waals surface area contributed by atoms with Crippen molar-refractivity contribution in [3.63, 3.8) is 0 Å². The molecule has 0 saturated carbocycles. The second-order valence-corrected chi connectivity index (χ2v) is 9.75. The second kappa shape index (κ2) is 9.93. The lowest BCUT2D eigenvalue weighted by atomic mass is 10.2. The van der Waals surface area contributed by atoms with E-state index in [0.717, 1.165) is 43.8 Å². The van der Waals surface area contributed by atoms with Crippen molar-refractivity contribution in [3.8, 4) is 5.69 Å². The molecule has 178 valence electrons. The number of aromatic nitrogens is 1. The summed E-state index contributed by atoms with van der Waals surface area (Å²) in [6.07, 6.45) is 1.64. The number of hydrogen-bond acceptors (Lipinski definition) is 5. The van der Waals surface area contributed by atoms with E-state index in [-0.39, 0.29) is 17.0 Å². The number of thioether (sulfide) groups is 1. The lowest BCUT2D eigenvalue weighted by Crippen LogP contribution is -2.36. The summed E-state index contributed by atoms with van der Waals surface area (Å²) in [6.45, 7) is 3.39. The van der Waals surface area contributed by atoms with Crippen LogP contribution in [0.15, 0.2) is 64.0 Å². The van der Waals surface area contributed by atoms with Gasteiger partial charge < -0.3 is 15.0 Å². The Kier molecular flexibility index (Phi) is 6.95. The van der Waals surface area contributed by atoms with E-state index in [4.69, 9.17) is 5.11 Å². The van der Waals surface area contributed by atoms with Gasteiger partial charge in [0.25, 0.3) is 11.1 Å². The number of carbonyl (C=O) groups is 4. The Bertz CT molecular complexity index is 1380. The first-order chi connectivity index (χ1) is 16.6. The number of imide groups is 1. The van der Waals surface area contributed by atoms with Crippen LogP contribution in [0.5, 0.6) is 0 Å². The van der Waals surface area contributed by atoms with E-state index in [2.05, 4.69) is 21.2 Å². The van der Waals surface area contributed by atoms with Crippen molar-refractivity contribution in [2.75, 3.05) is 11.9 Å². The van der Waals surface area contributed by atoms with Crippen molar-refractivity contribution >= 4 is 62.5 Å². The third-order valence-electron chi connectivity index (χ3n) is 5.43. The number of hydrogen-bond donors (Lipinski definition) is 2. The molecule has 35 heavy (non-hydrogen) atoms. The van der Waals surface area contributed by atoms with Gasteiger partial charge in [-0.1, -0.05) is 15.9 Å². The summed E-state index contributed by atoms with van der Waals surface area (Å²) in [5.74, 6) is -2.00. The van der Waals surface area contributed by atoms with E-state index in [1.54, 1.807) is 42.5 Å². The van der Waals surface area contributed by atoms with Crippen LogP contribution in [0.2, 0.25) is 0 Å². The first-order valence-corrected chi connectivity index (χ1v) is 12.1. The van der Waals surface area contributed by atoms with Crippen LogP contribution in [0.3, 0.4) is 0 Å². The Hall–Kier alpha value is -3.63. The van der Waals surface area contributed by atoms with Gasteiger partial charge in [0, 0.05) is 27.2 Å². The molecule has 3 aromatic rings. The maximum Gasteiger partial charge on any atom is 0.335 e. The number of carboxylic acids is 1. The summed E-state index contributed by atoms with van der Waals surface area (Å²) < 4.78 is 2.80. The van der Waals surface area contributed by atoms with E-state index in [0.29, 0.717) is 5.69 Å². The van der Waals surface area contributed by atoms with Crippen LogP contribution < -0.4 is 5.32 Å². The predicted octanol–water partition coefficient (Wildman–Crippen LogP) is 5.23. The fraction of sp³-hybridized carbons (Fsp3) is 0.120. The monoisotopic (exact) mass is 553 g/mol. The first-order valence-electron chi connectivity index (χ1n) is 10.5. The highest BCUT2D eigenvalue weighted by Gasteiger charge is 2.36. The quantitative estimate of drug-likeness (QED) is 0.404. The predicted molar refractivity (Wildman–Crippen MR) is 138 cm³/mol. The normalized spacial score (nSPS) is 14.6. The molecule has 1 aliphatic rings. The molecule has 0 atom stereocenters. The molecular weight excluding hydrogens is 534 g/mol. The zero-order chi connectivity index (χ0) is 25.3. The molecule has 1 fully saturated rings. The average Bonchev–Trinajstić information content (AvgIpc) is 3.24. The average molecular weight is 554 g/mol. The maximum absolute atomic E-state index is 12.9. The number of carbonyl (C=O) groups excluding carboxylic acids is 3. The molecule has 1 aromatic heterocycles. The fourth-order valence-electron chi connectivity index (χ4n) is 3.74. The Morgan fingerprint density at radius 1 is 1.06 bits per heavy atom. The minimum absolute atomic E-state index is 0.189. The fourth-order valence-corrected chi connectivity index (χ4v) is 4.83. The highest BCUT2D eigenvalue weighted by molar-refractivity contribution is 9.10. The van der Waals surface area contributed by atoms with Gasteiger partial charge in [0.2, 0.25) is 5.91 Å². The summed E-state index contributed by atoms with van der Waals surface area (Å²) in [5.41, 5.74) is 3.98. The molecule has 0 bridgehead atoms. The summed E-state index contributed by atoms with van der Waals surface area (Å²) in [7, 11) is 0. The van der Waals surface area contributed by atoms with Crippen LogP contribution in [0.4, 0.5) is 10.5 Å². The zero-order valence-electron chi connectivity index (χ0n) is 18.7. The van der Waals surface area contributed by atoms with E-state index in [9.17, 15) is 19.2 Å². The molecule has 1 aliphatic heterocycles. The van der Waals surface area contributed by atoms with E-state index in [1.165, 1.54) is 12.1 Å². The van der Waals surface area contributed by atoms with E-state index >= 15 is 0 Å². The van der Waals surface area contributed by atoms with Crippen molar-refractivity contribution in [3.05, 3.63) is 86.5 Å². The van der Waals surface area contributed by atoms with Crippen LogP contribution in [0, 0.1) is 13.8 Å². The summed E-state index contributed by atoms with van der Waals surface area (Å²) >= 11 is 4.11. The number of anilines is 1. The lowest BCUT2D eigenvalue weighted by molar-refractivity contribution is -0.127. The molecule has 3 amide bonds. The van der Waals surface area contributed by atoms with Crippen LogP contribution in [0.1, 0.15) is 27.3 Å². The number of rotatable bonds is 6. The number of aryl methyl sites for hydroxylation is 1. The smallest absolute Gasteiger partial charge is 0.335 e. The van der Waals surface area contributed by atoms with Gasteiger partial charge in [-0.2, -0.15) is 0 Å². The molecule has 8 nitrogen and oxygen atoms in total. The van der Waals surface area contributed by atoms with Gasteiger partial charge in [-0.25, -0.2) is 4.79 Å². The molecule has 2 heterocycles. The number of benzene rings is 2. The number of halogens is 1. The minimum Gasteiger partial charge on any atom is -0.478 e. The maximum atomic E-state index is 12.9. The van der Waals surface area contributed by atoms with Crippen LogP contribution in [-0.2, 0) is 9.59 Å². The molecule has 0 radical (unpaired) electrons. The van der Waals surface area contributed by atoms with Gasteiger partial charge in [-0.05, 0) is 91.8 Å². The van der Waals surface area contributed by atoms with Gasteiger partial charge in [0.05, 0.1) is 10.5 Å². The Labute approximate surface area is 213 Å². The molecule has 4 rings (SSSR count). The molecule has 0 spiro atoms. The topological polar surface area (TPSA) is 109 Å². The van der Waals surface area contributed by atoms with Crippen LogP contribution in [-0.4, -0.2) is 44.1 Å². The third kappa shape index (κ3) is 5.23. The van der Waals surface area contributed by atoms with Gasteiger partial charge in [-0.15, -0.1) is 0 Å². The van der Waals surface area contributed by atoms with Crippen LogP contribution in [0.25, 0.3) is 11.8 Å². The zero-order valence-corrected chi connectivity index (χ0v) is 21.1. The van der Waals surface area contributed by atoms with Crippen molar-refractivity contribution in [2.45, 2.75) is 13.8 Å². The van der Waals surface area contributed by atoms with Crippen molar-refractivity contribution in [1.82, 2.24) is 9.47 Å². The first kappa shape index (κ1) is 24.5. The molecule has 2 aromatic carbocycles. The summed E-state index contributed by atoms with van der Waals surface area (Å²) in [5, 5.41) is 11.3. The Morgan fingerprint density at radius 2 is 1.71 bits per heavy atom. The highest BCUT2D eigenvalue weighted by Crippen LogP contribution is 2.33. The SMILES string of the molecule is Cc1cc(/C=C2/SC(=O)N(CC(=O)Nc3ccc(Br)cc3)C2=O)c(C)n1-c1ccc(C(=O)O)cc1. The van der Waals surface area contributed by atoms with Gasteiger partial charge in [0.15, 0.2) is 0 Å². The number of nitrogens with zero attached hydrogens (tertiary/aromatic N) is 2. The minimum atomic E-state index is -1.00. The number of carboxylic acid groups (broad SMARTS) is 1. The molecule has 0 aliphatic carbocycles. The second-order valence-electron chi connectivity index (χ2n) is 7.84. The molecule has 10 heteroatoms. The number of nitrogens with one attached hydrogen (secondary N) is 1. The van der Waals surface area contributed by atoms with E-state index in [1.807, 2.05) is 24.5 Å². The largest absolute Gasteiger partial charge is 0.478 e. The van der Waals surface area contributed by atoms with Crippen molar-refractivity contribution in [1.29, 1.82) is 0 Å². The number of aromatic carboxylic acids is 1. The van der Waals surface area contributed by atoms with Gasteiger partial charge >= 0.3 is 5.97 Å². The summed E-state index contributed by atoms with van der Waals surface area (Å²) in [6, 6.07) is 15.3. The van der Waals surface area contributed by atoms with Gasteiger partial charge in [0.1, 0.15) is 6.54 Å². The van der Waals surface area contributed by atoms with Crippen LogP contribution >= 0.6 is 27.7 Å². The third-order valence-corrected chi connectivity index (χ3v) is 6.87. The van der Waals surface area contributed by atoms with Crippen molar-refractivity contribution in [2.24, 2.45) is 0 Å². The molecule has 2 N–H and O–H groups in total. The van der Waals surface area contributed by atoms with Gasteiger partial charge in [-0.3, -0.25) is 19.3 Å². The number of amides is 3. The molecule has 1 saturated heterocycles. The Morgan fingerprint density at radius 3 is 2.34 bits per heavy atom. The van der Waals surface area contributed by atoms with E-state index < -0.39 is 23.0 Å². The molecular formula is C25H20BrN3O5S.